The summed E-state index contributed by atoms with van der Waals surface area (Å²) in [7, 11) is 6.49. The second-order valence-corrected chi connectivity index (χ2v) is 6.74. The van der Waals surface area contributed by atoms with Crippen LogP contribution in [0, 0.1) is 0 Å². The number of rotatable bonds is 6. The van der Waals surface area contributed by atoms with Crippen molar-refractivity contribution in [2.75, 3.05) is 28.4 Å². The van der Waals surface area contributed by atoms with Crippen LogP contribution in [0.1, 0.15) is 0 Å². The fourth-order valence-corrected chi connectivity index (χ4v) is 3.30. The molecule has 31 heavy (non-hydrogen) atoms. The van der Waals surface area contributed by atoms with Gasteiger partial charge in [0, 0.05) is 17.0 Å². The number of hydrogen-bond donors (Lipinski definition) is 0. The molecule has 3 aromatic carbocycles. The second-order valence-electron chi connectivity index (χ2n) is 6.74. The molecule has 4 aromatic rings. The molecule has 0 bridgehead atoms. The number of nitrogens with zero attached hydrogens (tertiary/aromatic N) is 1. The minimum absolute atomic E-state index is 0.624. The van der Waals surface area contributed by atoms with Gasteiger partial charge in [-0.3, -0.25) is 0 Å². The maximum atomic E-state index is 6.20. The Labute approximate surface area is 180 Å². The molecule has 0 atom stereocenters. The molecule has 6 nitrogen and oxygen atoms in total. The third kappa shape index (κ3) is 4.19. The van der Waals surface area contributed by atoms with Crippen LogP contribution in [0.15, 0.2) is 76.1 Å². The van der Waals surface area contributed by atoms with Gasteiger partial charge >= 0.3 is 0 Å². The van der Waals surface area contributed by atoms with Gasteiger partial charge in [0.15, 0.2) is 11.5 Å². The predicted octanol–water partition coefficient (Wildman–Crippen LogP) is 5.37. The number of methoxy groups -OCH3 is 4. The SMILES string of the molecule is COc1ccc(N=c2cc(-c3ccc(OC)c(OC)c3)oc3ccc(OC)cc23)cc1. The molecule has 0 unspecified atom stereocenters. The smallest absolute Gasteiger partial charge is 0.161 e. The fourth-order valence-electron chi connectivity index (χ4n) is 3.30. The van der Waals surface area contributed by atoms with E-state index in [4.69, 9.17) is 28.4 Å². The molecule has 0 radical (unpaired) electrons. The molecular weight excluding hydrogens is 394 g/mol. The summed E-state index contributed by atoms with van der Waals surface area (Å²) in [6.07, 6.45) is 0. The highest BCUT2D eigenvalue weighted by molar-refractivity contribution is 5.80. The van der Waals surface area contributed by atoms with Crippen molar-refractivity contribution in [3.05, 3.63) is 72.1 Å². The van der Waals surface area contributed by atoms with Crippen molar-refractivity contribution in [2.45, 2.75) is 0 Å². The van der Waals surface area contributed by atoms with Crippen molar-refractivity contribution in [1.29, 1.82) is 0 Å². The molecule has 0 saturated heterocycles. The van der Waals surface area contributed by atoms with Crippen molar-refractivity contribution < 1.29 is 23.4 Å². The topological polar surface area (TPSA) is 62.4 Å². The van der Waals surface area contributed by atoms with E-state index in [2.05, 4.69) is 0 Å². The summed E-state index contributed by atoms with van der Waals surface area (Å²) in [6.45, 7) is 0. The molecule has 0 N–H and O–H groups in total. The summed E-state index contributed by atoms with van der Waals surface area (Å²) < 4.78 is 27.6. The van der Waals surface area contributed by atoms with Crippen LogP contribution < -0.4 is 24.3 Å². The molecule has 0 aliphatic rings. The van der Waals surface area contributed by atoms with Gasteiger partial charge in [0.1, 0.15) is 22.8 Å². The first-order chi connectivity index (χ1) is 15.1. The molecular formula is C25H23NO5. The summed E-state index contributed by atoms with van der Waals surface area (Å²) in [6, 6.07) is 20.8. The highest BCUT2D eigenvalue weighted by Crippen LogP contribution is 2.33. The van der Waals surface area contributed by atoms with E-state index in [1.54, 1.807) is 28.4 Å². The van der Waals surface area contributed by atoms with Crippen molar-refractivity contribution in [3.63, 3.8) is 0 Å². The number of fused-ring (bicyclic) bond motifs is 1. The van der Waals surface area contributed by atoms with Crippen LogP contribution in [0.25, 0.3) is 22.3 Å². The Kier molecular flexibility index (Phi) is 5.80. The Balaban J connectivity index is 1.93. The minimum Gasteiger partial charge on any atom is -0.497 e. The van der Waals surface area contributed by atoms with Gasteiger partial charge in [-0.2, -0.15) is 0 Å². The quantitative estimate of drug-likeness (QED) is 0.422. The van der Waals surface area contributed by atoms with Crippen LogP contribution in [0.5, 0.6) is 23.0 Å². The van der Waals surface area contributed by atoms with Gasteiger partial charge in [0.25, 0.3) is 0 Å². The average Bonchev–Trinajstić information content (AvgIpc) is 2.83. The molecule has 6 heteroatoms. The largest absolute Gasteiger partial charge is 0.497 e. The van der Waals surface area contributed by atoms with Gasteiger partial charge in [-0.25, -0.2) is 4.99 Å². The van der Waals surface area contributed by atoms with E-state index in [-0.39, 0.29) is 0 Å². The lowest BCUT2D eigenvalue weighted by molar-refractivity contribution is 0.355. The maximum Gasteiger partial charge on any atom is 0.161 e. The Hall–Kier alpha value is -3.93. The first kappa shape index (κ1) is 20.3. The van der Waals surface area contributed by atoms with E-state index in [1.165, 1.54) is 0 Å². The molecule has 0 aliphatic heterocycles. The average molecular weight is 417 g/mol. The summed E-state index contributed by atoms with van der Waals surface area (Å²) in [5, 5.41) is 1.61. The van der Waals surface area contributed by atoms with Crippen LogP contribution in [-0.2, 0) is 0 Å². The first-order valence-electron chi connectivity index (χ1n) is 9.68. The van der Waals surface area contributed by atoms with E-state index < -0.39 is 0 Å². The van der Waals surface area contributed by atoms with Crippen LogP contribution in [-0.4, -0.2) is 28.4 Å². The molecule has 1 aromatic heterocycles. The number of ether oxygens (including phenoxy) is 4. The number of benzene rings is 3. The van der Waals surface area contributed by atoms with Gasteiger partial charge in [0.05, 0.1) is 39.5 Å². The summed E-state index contributed by atoms with van der Waals surface area (Å²) in [5.41, 5.74) is 2.34. The molecule has 4 rings (SSSR count). The molecule has 0 aliphatic carbocycles. The summed E-state index contributed by atoms with van der Waals surface area (Å²) in [5.74, 6) is 3.44. The van der Waals surface area contributed by atoms with Gasteiger partial charge in [-0.05, 0) is 60.7 Å². The van der Waals surface area contributed by atoms with E-state index >= 15 is 0 Å². The molecule has 0 amide bonds. The summed E-state index contributed by atoms with van der Waals surface area (Å²) in [4.78, 5) is 4.86. The highest BCUT2D eigenvalue weighted by Gasteiger charge is 2.11. The van der Waals surface area contributed by atoms with Crippen molar-refractivity contribution in [1.82, 2.24) is 0 Å². The second kappa shape index (κ2) is 8.83. The van der Waals surface area contributed by atoms with Gasteiger partial charge in [-0.15, -0.1) is 0 Å². The normalized spacial score (nSPS) is 11.4. The zero-order valence-corrected chi connectivity index (χ0v) is 17.8. The molecule has 158 valence electrons. The Morgan fingerprint density at radius 2 is 1.35 bits per heavy atom. The summed E-state index contributed by atoms with van der Waals surface area (Å²) >= 11 is 0. The van der Waals surface area contributed by atoms with Crippen LogP contribution in [0.3, 0.4) is 0 Å². The Bertz CT molecular complexity index is 1280. The Morgan fingerprint density at radius 3 is 2.03 bits per heavy atom. The Morgan fingerprint density at radius 1 is 0.645 bits per heavy atom. The van der Waals surface area contributed by atoms with Crippen molar-refractivity contribution in [3.8, 4) is 34.3 Å². The molecule has 1 heterocycles. The van der Waals surface area contributed by atoms with Crippen LogP contribution in [0.4, 0.5) is 5.69 Å². The lowest BCUT2D eigenvalue weighted by Crippen LogP contribution is -2.03. The molecule has 0 fully saturated rings. The van der Waals surface area contributed by atoms with E-state index in [1.807, 2.05) is 66.7 Å². The lowest BCUT2D eigenvalue weighted by atomic mass is 10.1. The van der Waals surface area contributed by atoms with Gasteiger partial charge < -0.3 is 23.4 Å². The lowest BCUT2D eigenvalue weighted by Gasteiger charge is -2.10. The van der Waals surface area contributed by atoms with Crippen molar-refractivity contribution >= 4 is 16.7 Å². The molecule has 0 spiro atoms. The standard InChI is InChI=1S/C25H23NO5/c1-27-18-8-6-17(7-9-18)26-21-15-24(16-5-11-23(29-3)25(13-16)30-4)31-22-12-10-19(28-2)14-20(21)22/h5-15H,1-4H3. The minimum atomic E-state index is 0.624. The predicted molar refractivity (Wildman–Crippen MR) is 120 cm³/mol. The van der Waals surface area contributed by atoms with E-state index in [0.29, 0.717) is 22.8 Å². The van der Waals surface area contributed by atoms with E-state index in [0.717, 1.165) is 33.5 Å². The number of hydrogen-bond acceptors (Lipinski definition) is 6. The highest BCUT2D eigenvalue weighted by atomic mass is 16.5. The first-order valence-corrected chi connectivity index (χ1v) is 9.68. The van der Waals surface area contributed by atoms with Gasteiger partial charge in [0.2, 0.25) is 0 Å². The zero-order chi connectivity index (χ0) is 21.8. The third-order valence-electron chi connectivity index (χ3n) is 4.94. The van der Waals surface area contributed by atoms with Gasteiger partial charge in [-0.1, -0.05) is 0 Å². The van der Waals surface area contributed by atoms with Crippen LogP contribution in [0.2, 0.25) is 0 Å². The third-order valence-corrected chi connectivity index (χ3v) is 4.94. The zero-order valence-electron chi connectivity index (χ0n) is 17.8. The van der Waals surface area contributed by atoms with Crippen LogP contribution >= 0.6 is 0 Å². The monoisotopic (exact) mass is 417 g/mol. The van der Waals surface area contributed by atoms with Crippen molar-refractivity contribution in [2.24, 2.45) is 4.99 Å². The fraction of sp³-hybridized carbons (Fsp3) is 0.160. The molecule has 0 saturated carbocycles. The maximum absolute atomic E-state index is 6.20. The van der Waals surface area contributed by atoms with E-state index in [9.17, 15) is 0 Å².